The maximum Gasteiger partial charge on any atom is 0.233 e. The number of hydrogen-bond donors (Lipinski definition) is 0. The van der Waals surface area contributed by atoms with Crippen LogP contribution in [0.5, 0.6) is 0 Å². The van der Waals surface area contributed by atoms with E-state index in [1.165, 1.54) is 12.3 Å². The number of halogens is 1. The van der Waals surface area contributed by atoms with Crippen LogP contribution in [0, 0.1) is 18.4 Å². The van der Waals surface area contributed by atoms with Gasteiger partial charge >= 0.3 is 0 Å². The number of terminal acetylenes is 1. The first-order valence-corrected chi connectivity index (χ1v) is 2.01. The third-order valence-corrected chi connectivity index (χ3v) is 0.689. The van der Waals surface area contributed by atoms with Crippen LogP contribution in [0.3, 0.4) is 0 Å². The SMILES string of the molecule is C#Cn1ccc(F)n1. The van der Waals surface area contributed by atoms with Crippen LogP contribution in [-0.2, 0) is 0 Å². The molecule has 0 N–H and O–H groups in total. The van der Waals surface area contributed by atoms with Crippen LogP contribution in [0.25, 0.3) is 0 Å². The molecular weight excluding hydrogens is 107 g/mol. The van der Waals surface area contributed by atoms with E-state index in [4.69, 9.17) is 6.42 Å². The van der Waals surface area contributed by atoms with Gasteiger partial charge < -0.3 is 0 Å². The van der Waals surface area contributed by atoms with Gasteiger partial charge in [-0.25, -0.2) is 0 Å². The normalized spacial score (nSPS) is 8.50. The van der Waals surface area contributed by atoms with E-state index in [2.05, 4.69) is 11.1 Å². The Morgan fingerprint density at radius 3 is 2.88 bits per heavy atom. The lowest BCUT2D eigenvalue weighted by Gasteiger charge is -1.77. The molecule has 1 rings (SSSR count). The summed E-state index contributed by atoms with van der Waals surface area (Å²) < 4.78 is 13.0. The zero-order valence-corrected chi connectivity index (χ0v) is 4.00. The van der Waals surface area contributed by atoms with Crippen molar-refractivity contribution in [2.45, 2.75) is 0 Å². The van der Waals surface area contributed by atoms with Crippen molar-refractivity contribution >= 4 is 0 Å². The van der Waals surface area contributed by atoms with Crippen molar-refractivity contribution in [1.29, 1.82) is 0 Å². The highest BCUT2D eigenvalue weighted by Crippen LogP contribution is 1.87. The minimum atomic E-state index is -0.553. The molecule has 0 atom stereocenters. The van der Waals surface area contributed by atoms with Crippen LogP contribution in [0.15, 0.2) is 12.3 Å². The molecule has 0 aliphatic rings. The number of nitrogens with zero attached hydrogens (tertiary/aromatic N) is 2. The van der Waals surface area contributed by atoms with Crippen LogP contribution in [0.2, 0.25) is 0 Å². The Balaban J connectivity index is 3.05. The highest BCUT2D eigenvalue weighted by molar-refractivity contribution is 4.93. The molecule has 0 bridgehead atoms. The summed E-state index contributed by atoms with van der Waals surface area (Å²) in [7, 11) is 0. The monoisotopic (exact) mass is 110 g/mol. The van der Waals surface area contributed by atoms with E-state index < -0.39 is 5.95 Å². The topological polar surface area (TPSA) is 17.8 Å². The van der Waals surface area contributed by atoms with Gasteiger partial charge in [0.05, 0.1) is 0 Å². The molecule has 0 saturated carbocycles. The predicted octanol–water partition coefficient (Wildman–Crippen LogP) is 0.461. The first-order valence-electron chi connectivity index (χ1n) is 2.01. The van der Waals surface area contributed by atoms with Crippen LogP contribution in [0.1, 0.15) is 0 Å². The Bertz CT molecular complexity index is 221. The second kappa shape index (κ2) is 1.66. The highest BCUT2D eigenvalue weighted by Gasteiger charge is 1.89. The summed E-state index contributed by atoms with van der Waals surface area (Å²) in [6, 6.07) is 3.31. The average Bonchev–Trinajstić information content (AvgIpc) is 2.14. The molecule has 1 aromatic rings. The van der Waals surface area contributed by atoms with Crippen molar-refractivity contribution in [3.05, 3.63) is 18.2 Å². The van der Waals surface area contributed by atoms with Crippen molar-refractivity contribution in [1.82, 2.24) is 9.78 Å². The fourth-order valence-corrected chi connectivity index (χ4v) is 0.374. The summed E-state index contributed by atoms with van der Waals surface area (Å²) >= 11 is 0. The number of rotatable bonds is 0. The predicted molar refractivity (Wildman–Crippen MR) is 26.4 cm³/mol. The number of aromatic nitrogens is 2. The van der Waals surface area contributed by atoms with E-state index >= 15 is 0 Å². The first kappa shape index (κ1) is 4.85. The summed E-state index contributed by atoms with van der Waals surface area (Å²) in [5.41, 5.74) is 0. The fourth-order valence-electron chi connectivity index (χ4n) is 0.374. The minimum Gasteiger partial charge on any atom is -0.194 e. The molecule has 0 aliphatic carbocycles. The average molecular weight is 110 g/mol. The Morgan fingerprint density at radius 1 is 1.88 bits per heavy atom. The van der Waals surface area contributed by atoms with E-state index in [1.807, 2.05) is 0 Å². The van der Waals surface area contributed by atoms with E-state index in [9.17, 15) is 4.39 Å². The molecule has 0 saturated heterocycles. The molecule has 2 nitrogen and oxygen atoms in total. The van der Waals surface area contributed by atoms with Crippen molar-refractivity contribution in [2.24, 2.45) is 0 Å². The molecule has 0 amide bonds. The van der Waals surface area contributed by atoms with Gasteiger partial charge in [0.2, 0.25) is 5.95 Å². The second-order valence-corrected chi connectivity index (χ2v) is 1.21. The molecule has 0 radical (unpaired) electrons. The summed E-state index contributed by atoms with van der Waals surface area (Å²) in [5.74, 6) is -0.553. The van der Waals surface area contributed by atoms with E-state index in [0.717, 1.165) is 4.68 Å². The maximum atomic E-state index is 11.9. The Hall–Kier alpha value is -1.30. The largest absolute Gasteiger partial charge is 0.233 e. The molecular formula is C5H3FN2. The zero-order valence-electron chi connectivity index (χ0n) is 4.00. The van der Waals surface area contributed by atoms with Gasteiger partial charge in [-0.3, -0.25) is 0 Å². The third-order valence-electron chi connectivity index (χ3n) is 0.689. The summed E-state index contributed by atoms with van der Waals surface area (Å²) in [6.07, 6.45) is 6.22. The van der Waals surface area contributed by atoms with Gasteiger partial charge in [0.15, 0.2) is 0 Å². The lowest BCUT2D eigenvalue weighted by atomic mass is 10.7. The van der Waals surface area contributed by atoms with Gasteiger partial charge in [-0.1, -0.05) is 6.42 Å². The molecule has 0 spiro atoms. The standard InChI is InChI=1S/C5H3FN2/c1-2-8-4-3-5(6)7-8/h1,3-4H. The lowest BCUT2D eigenvalue weighted by molar-refractivity contribution is 0.569. The van der Waals surface area contributed by atoms with Crippen molar-refractivity contribution in [3.8, 4) is 12.5 Å². The van der Waals surface area contributed by atoms with Gasteiger partial charge in [-0.05, 0) is 0 Å². The Kier molecular flexibility index (Phi) is 1.01. The second-order valence-electron chi connectivity index (χ2n) is 1.21. The van der Waals surface area contributed by atoms with E-state index in [1.54, 1.807) is 0 Å². The summed E-state index contributed by atoms with van der Waals surface area (Å²) in [6.45, 7) is 0. The third kappa shape index (κ3) is 0.684. The molecule has 0 aromatic carbocycles. The van der Waals surface area contributed by atoms with Gasteiger partial charge in [-0.15, -0.1) is 5.10 Å². The molecule has 0 aliphatic heterocycles. The van der Waals surface area contributed by atoms with Crippen LogP contribution in [-0.4, -0.2) is 9.78 Å². The Morgan fingerprint density at radius 2 is 2.62 bits per heavy atom. The highest BCUT2D eigenvalue weighted by atomic mass is 19.1. The number of hydrogen-bond acceptors (Lipinski definition) is 1. The van der Waals surface area contributed by atoms with E-state index in [-0.39, 0.29) is 0 Å². The molecule has 1 aromatic heterocycles. The van der Waals surface area contributed by atoms with Gasteiger partial charge in [-0.2, -0.15) is 9.07 Å². The Labute approximate surface area is 45.9 Å². The summed E-state index contributed by atoms with van der Waals surface area (Å²) in [4.78, 5) is 0. The molecule has 40 valence electrons. The molecule has 8 heavy (non-hydrogen) atoms. The first-order chi connectivity index (χ1) is 3.83. The quantitative estimate of drug-likeness (QED) is 0.443. The zero-order chi connectivity index (χ0) is 5.98. The van der Waals surface area contributed by atoms with Gasteiger partial charge in [0.1, 0.15) is 0 Å². The maximum absolute atomic E-state index is 11.9. The van der Waals surface area contributed by atoms with Gasteiger partial charge in [0.25, 0.3) is 0 Å². The fraction of sp³-hybridized carbons (Fsp3) is 0. The van der Waals surface area contributed by atoms with Crippen LogP contribution >= 0.6 is 0 Å². The molecule has 0 fully saturated rings. The van der Waals surface area contributed by atoms with E-state index in [0.29, 0.717) is 0 Å². The smallest absolute Gasteiger partial charge is 0.194 e. The van der Waals surface area contributed by atoms with Crippen molar-refractivity contribution < 1.29 is 4.39 Å². The van der Waals surface area contributed by atoms with Gasteiger partial charge in [0, 0.05) is 18.3 Å². The molecule has 0 unspecified atom stereocenters. The lowest BCUT2D eigenvalue weighted by Crippen LogP contribution is -1.86. The molecule has 3 heteroatoms. The summed E-state index contributed by atoms with van der Waals surface area (Å²) in [5, 5.41) is 3.24. The van der Waals surface area contributed by atoms with Crippen LogP contribution in [0.4, 0.5) is 4.39 Å². The molecule has 1 heterocycles. The van der Waals surface area contributed by atoms with Crippen LogP contribution < -0.4 is 0 Å². The minimum absolute atomic E-state index is 0.553. The van der Waals surface area contributed by atoms with Crippen molar-refractivity contribution in [3.63, 3.8) is 0 Å². The van der Waals surface area contributed by atoms with Crippen molar-refractivity contribution in [2.75, 3.05) is 0 Å².